The molecule has 1 aromatic carbocycles. The zero-order valence-corrected chi connectivity index (χ0v) is 9.98. The average Bonchev–Trinajstić information content (AvgIpc) is 2.36. The third-order valence-electron chi connectivity index (χ3n) is 2.96. The van der Waals surface area contributed by atoms with Gasteiger partial charge in [0.25, 0.3) is 0 Å². The molecule has 0 spiro atoms. The molecule has 88 valence electrons. The molecule has 0 N–H and O–H groups in total. The Bertz CT molecular complexity index is 459. The number of carbonyl (C=O) groups is 1. The van der Waals surface area contributed by atoms with Crippen molar-refractivity contribution < 1.29 is 9.53 Å². The van der Waals surface area contributed by atoms with Crippen LogP contribution in [0.2, 0.25) is 0 Å². The minimum atomic E-state index is -0.644. The lowest BCUT2D eigenvalue weighted by Crippen LogP contribution is -2.49. The smallest absolute Gasteiger partial charge is 0.240 e. The number of allylic oxidation sites excluding steroid dienone is 1. The molecule has 2 rings (SSSR count). The van der Waals surface area contributed by atoms with Crippen LogP contribution in [0.3, 0.4) is 0 Å². The predicted molar refractivity (Wildman–Crippen MR) is 68.3 cm³/mol. The van der Waals surface area contributed by atoms with Gasteiger partial charge in [-0.1, -0.05) is 36.4 Å². The first-order valence-corrected chi connectivity index (χ1v) is 5.77. The first-order valence-electron chi connectivity index (χ1n) is 5.77. The van der Waals surface area contributed by atoms with Crippen molar-refractivity contribution >= 4 is 11.9 Å². The van der Waals surface area contributed by atoms with Crippen LogP contribution in [0.4, 0.5) is 0 Å². The van der Waals surface area contributed by atoms with Crippen molar-refractivity contribution in [2.24, 2.45) is 0 Å². The van der Waals surface area contributed by atoms with E-state index < -0.39 is 5.60 Å². The van der Waals surface area contributed by atoms with Crippen molar-refractivity contribution in [3.63, 3.8) is 0 Å². The Hall–Kier alpha value is -1.83. The van der Waals surface area contributed by atoms with E-state index in [2.05, 4.69) is 6.58 Å². The molecular weight excluding hydrogens is 212 g/mol. The van der Waals surface area contributed by atoms with Crippen LogP contribution in [-0.2, 0) is 9.53 Å². The zero-order valence-electron chi connectivity index (χ0n) is 9.98. The molecule has 0 saturated carbocycles. The molecule has 2 nitrogen and oxygen atoms in total. The predicted octanol–water partition coefficient (Wildman–Crippen LogP) is 3.35. The topological polar surface area (TPSA) is 26.3 Å². The molecule has 0 aromatic heterocycles. The standard InChI is InChI=1S/C15H16O2/c1-3-4-10-15(2)14(16)13(17-15)11-12-8-6-5-7-9-12/h3,5-9,11H,1,4,10H2,2H3/b13-11+. The monoisotopic (exact) mass is 228 g/mol. The lowest BCUT2D eigenvalue weighted by Gasteiger charge is -2.39. The molecule has 17 heavy (non-hydrogen) atoms. The molecule has 1 saturated heterocycles. The number of hydrogen-bond acceptors (Lipinski definition) is 2. The van der Waals surface area contributed by atoms with Gasteiger partial charge < -0.3 is 4.74 Å². The lowest BCUT2D eigenvalue weighted by molar-refractivity contribution is -0.158. The fraction of sp³-hybridized carbons (Fsp3) is 0.267. The highest BCUT2D eigenvalue weighted by atomic mass is 16.5. The molecule has 0 amide bonds. The maximum absolute atomic E-state index is 12.0. The average molecular weight is 228 g/mol. The van der Waals surface area contributed by atoms with Crippen molar-refractivity contribution in [2.75, 3.05) is 0 Å². The van der Waals surface area contributed by atoms with Crippen LogP contribution in [0, 0.1) is 0 Å². The first kappa shape index (κ1) is 11.6. The van der Waals surface area contributed by atoms with E-state index in [-0.39, 0.29) is 5.78 Å². The van der Waals surface area contributed by atoms with Crippen molar-refractivity contribution in [2.45, 2.75) is 25.4 Å². The van der Waals surface area contributed by atoms with Gasteiger partial charge in [-0.2, -0.15) is 0 Å². The molecular formula is C15H16O2. The Balaban J connectivity index is 2.07. The number of Topliss-reactive ketones (excluding diaryl/α,β-unsaturated/α-hetero) is 1. The largest absolute Gasteiger partial charge is 0.475 e. The molecule has 1 aliphatic heterocycles. The van der Waals surface area contributed by atoms with Crippen LogP contribution >= 0.6 is 0 Å². The van der Waals surface area contributed by atoms with Crippen molar-refractivity contribution in [3.05, 3.63) is 54.3 Å². The van der Waals surface area contributed by atoms with Gasteiger partial charge in [0.15, 0.2) is 11.4 Å². The van der Waals surface area contributed by atoms with Crippen LogP contribution < -0.4 is 0 Å². The van der Waals surface area contributed by atoms with Gasteiger partial charge in [0, 0.05) is 0 Å². The quantitative estimate of drug-likeness (QED) is 0.583. The van der Waals surface area contributed by atoms with E-state index in [1.54, 1.807) is 12.2 Å². The number of ether oxygens (including phenoxy) is 1. The maximum Gasteiger partial charge on any atom is 0.240 e. The second-order valence-electron chi connectivity index (χ2n) is 4.41. The Morgan fingerprint density at radius 3 is 2.65 bits per heavy atom. The zero-order chi connectivity index (χ0) is 12.3. The summed E-state index contributed by atoms with van der Waals surface area (Å²) in [6.07, 6.45) is 5.08. The Labute approximate surface area is 102 Å². The summed E-state index contributed by atoms with van der Waals surface area (Å²) in [5, 5.41) is 0. The van der Waals surface area contributed by atoms with Gasteiger partial charge in [-0.25, -0.2) is 0 Å². The Morgan fingerprint density at radius 2 is 2.06 bits per heavy atom. The molecule has 2 heteroatoms. The number of carbonyl (C=O) groups excluding carboxylic acids is 1. The molecule has 1 aromatic rings. The van der Waals surface area contributed by atoms with Crippen molar-refractivity contribution in [1.82, 2.24) is 0 Å². The van der Waals surface area contributed by atoms with Crippen LogP contribution in [0.5, 0.6) is 0 Å². The summed E-state index contributed by atoms with van der Waals surface area (Å²) < 4.78 is 5.61. The highest BCUT2D eigenvalue weighted by Gasteiger charge is 2.47. The third-order valence-corrected chi connectivity index (χ3v) is 2.96. The second-order valence-corrected chi connectivity index (χ2v) is 4.41. The van der Waals surface area contributed by atoms with E-state index in [0.717, 1.165) is 12.0 Å². The molecule has 1 aliphatic rings. The first-order chi connectivity index (χ1) is 8.15. The van der Waals surface area contributed by atoms with E-state index in [1.165, 1.54) is 0 Å². The molecule has 1 heterocycles. The second kappa shape index (κ2) is 4.58. The van der Waals surface area contributed by atoms with E-state index in [4.69, 9.17) is 4.74 Å². The van der Waals surface area contributed by atoms with Gasteiger partial charge in [0.2, 0.25) is 5.78 Å². The Morgan fingerprint density at radius 1 is 1.35 bits per heavy atom. The fourth-order valence-corrected chi connectivity index (χ4v) is 1.89. The summed E-state index contributed by atoms with van der Waals surface area (Å²) in [6, 6.07) is 9.71. The van der Waals surface area contributed by atoms with Crippen LogP contribution in [0.1, 0.15) is 25.3 Å². The van der Waals surface area contributed by atoms with Crippen molar-refractivity contribution in [1.29, 1.82) is 0 Å². The molecule has 0 bridgehead atoms. The highest BCUT2D eigenvalue weighted by Crippen LogP contribution is 2.36. The fourth-order valence-electron chi connectivity index (χ4n) is 1.89. The third kappa shape index (κ3) is 2.31. The van der Waals surface area contributed by atoms with Crippen LogP contribution in [-0.4, -0.2) is 11.4 Å². The Kier molecular flexibility index (Phi) is 3.14. The molecule has 0 aliphatic carbocycles. The maximum atomic E-state index is 12.0. The van der Waals surface area contributed by atoms with Gasteiger partial charge in [0.1, 0.15) is 0 Å². The summed E-state index contributed by atoms with van der Waals surface area (Å²) in [7, 11) is 0. The van der Waals surface area contributed by atoms with Crippen LogP contribution in [0.15, 0.2) is 48.7 Å². The summed E-state index contributed by atoms with van der Waals surface area (Å²) in [6.45, 7) is 5.49. The minimum absolute atomic E-state index is 0.0863. The molecule has 0 radical (unpaired) electrons. The summed E-state index contributed by atoms with van der Waals surface area (Å²) in [5.74, 6) is 0.547. The number of ketones is 1. The van der Waals surface area contributed by atoms with Gasteiger partial charge in [-0.15, -0.1) is 6.58 Å². The van der Waals surface area contributed by atoms with E-state index in [0.29, 0.717) is 12.2 Å². The minimum Gasteiger partial charge on any atom is -0.475 e. The summed E-state index contributed by atoms with van der Waals surface area (Å²) in [4.78, 5) is 12.0. The van der Waals surface area contributed by atoms with E-state index >= 15 is 0 Å². The van der Waals surface area contributed by atoms with Gasteiger partial charge in [-0.05, 0) is 31.4 Å². The summed E-state index contributed by atoms with van der Waals surface area (Å²) in [5.41, 5.74) is 0.344. The summed E-state index contributed by atoms with van der Waals surface area (Å²) >= 11 is 0. The number of rotatable bonds is 4. The molecule has 1 unspecified atom stereocenters. The highest BCUT2D eigenvalue weighted by molar-refractivity contribution is 6.08. The van der Waals surface area contributed by atoms with Crippen molar-refractivity contribution in [3.8, 4) is 0 Å². The van der Waals surface area contributed by atoms with Gasteiger partial charge >= 0.3 is 0 Å². The van der Waals surface area contributed by atoms with Crippen LogP contribution in [0.25, 0.3) is 6.08 Å². The normalized spacial score (nSPS) is 25.2. The molecule has 1 fully saturated rings. The SMILES string of the molecule is C=CCCC1(C)O/C(=C/c2ccccc2)C1=O. The number of benzene rings is 1. The van der Waals surface area contributed by atoms with Gasteiger partial charge in [0.05, 0.1) is 0 Å². The van der Waals surface area contributed by atoms with E-state index in [9.17, 15) is 4.79 Å². The van der Waals surface area contributed by atoms with E-state index in [1.807, 2.05) is 37.3 Å². The van der Waals surface area contributed by atoms with Gasteiger partial charge in [-0.3, -0.25) is 4.79 Å². The lowest BCUT2D eigenvalue weighted by atomic mass is 9.87. The molecule has 1 atom stereocenters. The number of hydrogen-bond donors (Lipinski definition) is 0.